The van der Waals surface area contributed by atoms with Gasteiger partial charge in [-0.1, -0.05) is 6.07 Å². The fourth-order valence-electron chi connectivity index (χ4n) is 2.42. The van der Waals surface area contributed by atoms with Gasteiger partial charge in [0.1, 0.15) is 0 Å². The third-order valence-electron chi connectivity index (χ3n) is 3.43. The summed E-state index contributed by atoms with van der Waals surface area (Å²) < 4.78 is 0. The Kier molecular flexibility index (Phi) is 4.42. The van der Waals surface area contributed by atoms with E-state index in [1.165, 1.54) is 11.0 Å². The number of piperidine rings is 1. The zero-order valence-corrected chi connectivity index (χ0v) is 11.4. The number of hydrogen-bond acceptors (Lipinski definition) is 3. The van der Waals surface area contributed by atoms with E-state index < -0.39 is 17.9 Å². The number of likely N-dealkylation sites (tertiary alicyclic amines) is 1. The molecule has 7 heteroatoms. The SMILES string of the molecule is NC(=O)Nc1cccc(C(=O)N2CCC[C@H](C(=O)O)C2)c1. The molecule has 21 heavy (non-hydrogen) atoms. The van der Waals surface area contributed by atoms with Crippen LogP contribution in [0, 0.1) is 5.92 Å². The maximum Gasteiger partial charge on any atom is 0.316 e. The van der Waals surface area contributed by atoms with Crippen LogP contribution in [0.1, 0.15) is 23.2 Å². The van der Waals surface area contributed by atoms with E-state index in [9.17, 15) is 14.4 Å². The van der Waals surface area contributed by atoms with E-state index in [1.54, 1.807) is 18.2 Å². The number of carboxylic acids is 1. The molecule has 0 bridgehead atoms. The smallest absolute Gasteiger partial charge is 0.316 e. The molecule has 1 atom stereocenters. The topological polar surface area (TPSA) is 113 Å². The van der Waals surface area contributed by atoms with E-state index in [0.717, 1.165) is 0 Å². The number of primary amides is 1. The summed E-state index contributed by atoms with van der Waals surface area (Å²) in [4.78, 5) is 35.8. The van der Waals surface area contributed by atoms with Gasteiger partial charge in [-0.2, -0.15) is 0 Å². The molecule has 0 aromatic heterocycles. The summed E-state index contributed by atoms with van der Waals surface area (Å²) in [5.74, 6) is -1.64. The Labute approximate surface area is 121 Å². The van der Waals surface area contributed by atoms with Crippen molar-refractivity contribution < 1.29 is 19.5 Å². The molecule has 0 unspecified atom stereocenters. The van der Waals surface area contributed by atoms with Crippen LogP contribution in [0.3, 0.4) is 0 Å². The van der Waals surface area contributed by atoms with Crippen molar-refractivity contribution in [3.8, 4) is 0 Å². The monoisotopic (exact) mass is 291 g/mol. The van der Waals surface area contributed by atoms with Gasteiger partial charge in [0.05, 0.1) is 5.92 Å². The highest BCUT2D eigenvalue weighted by Crippen LogP contribution is 2.20. The van der Waals surface area contributed by atoms with Gasteiger partial charge in [-0.05, 0) is 31.0 Å². The second kappa shape index (κ2) is 6.25. The minimum Gasteiger partial charge on any atom is -0.481 e. The fourth-order valence-corrected chi connectivity index (χ4v) is 2.42. The Morgan fingerprint density at radius 2 is 2.10 bits per heavy atom. The van der Waals surface area contributed by atoms with Crippen LogP contribution < -0.4 is 11.1 Å². The Morgan fingerprint density at radius 1 is 1.33 bits per heavy atom. The van der Waals surface area contributed by atoms with Crippen molar-refractivity contribution >= 4 is 23.6 Å². The van der Waals surface area contributed by atoms with Crippen molar-refractivity contribution in [2.45, 2.75) is 12.8 Å². The third kappa shape index (κ3) is 3.71. The predicted octanol–water partition coefficient (Wildman–Crippen LogP) is 1.11. The first-order valence-corrected chi connectivity index (χ1v) is 6.66. The molecule has 1 aromatic carbocycles. The zero-order chi connectivity index (χ0) is 15.4. The maximum atomic E-state index is 12.4. The van der Waals surface area contributed by atoms with E-state index in [4.69, 9.17) is 10.8 Å². The van der Waals surface area contributed by atoms with E-state index >= 15 is 0 Å². The van der Waals surface area contributed by atoms with Crippen molar-refractivity contribution in [1.29, 1.82) is 0 Å². The number of benzene rings is 1. The number of hydrogen-bond donors (Lipinski definition) is 3. The first-order chi connectivity index (χ1) is 9.97. The van der Waals surface area contributed by atoms with E-state index in [0.29, 0.717) is 30.6 Å². The molecule has 0 spiro atoms. The van der Waals surface area contributed by atoms with Gasteiger partial charge < -0.3 is 21.1 Å². The van der Waals surface area contributed by atoms with Gasteiger partial charge in [0.15, 0.2) is 0 Å². The molecule has 1 aliphatic heterocycles. The molecule has 1 aliphatic rings. The molecule has 1 aromatic rings. The van der Waals surface area contributed by atoms with E-state index in [-0.39, 0.29) is 12.5 Å². The summed E-state index contributed by atoms with van der Waals surface area (Å²) in [5.41, 5.74) is 5.86. The van der Waals surface area contributed by atoms with Crippen molar-refractivity contribution in [1.82, 2.24) is 4.90 Å². The minimum atomic E-state index is -0.878. The first kappa shape index (κ1) is 14.8. The largest absolute Gasteiger partial charge is 0.481 e. The normalized spacial score (nSPS) is 18.1. The highest BCUT2D eigenvalue weighted by atomic mass is 16.4. The first-order valence-electron chi connectivity index (χ1n) is 6.66. The number of aliphatic carboxylic acids is 1. The molecule has 3 amide bonds. The summed E-state index contributed by atoms with van der Waals surface area (Å²) in [6.45, 7) is 0.748. The van der Waals surface area contributed by atoms with Crippen molar-refractivity contribution in [2.75, 3.05) is 18.4 Å². The van der Waals surface area contributed by atoms with Crippen LogP contribution in [0.2, 0.25) is 0 Å². The second-order valence-electron chi connectivity index (χ2n) is 5.00. The Bertz CT molecular complexity index is 573. The number of carbonyl (C=O) groups excluding carboxylic acids is 2. The third-order valence-corrected chi connectivity index (χ3v) is 3.43. The molecule has 4 N–H and O–H groups in total. The van der Waals surface area contributed by atoms with Crippen molar-refractivity contribution in [3.05, 3.63) is 29.8 Å². The number of anilines is 1. The van der Waals surface area contributed by atoms with E-state index in [1.807, 2.05) is 0 Å². The number of nitrogens with two attached hydrogens (primary N) is 1. The van der Waals surface area contributed by atoms with Gasteiger partial charge in [0.25, 0.3) is 5.91 Å². The number of amides is 3. The van der Waals surface area contributed by atoms with Crippen molar-refractivity contribution in [3.63, 3.8) is 0 Å². The van der Waals surface area contributed by atoms with Gasteiger partial charge in [-0.15, -0.1) is 0 Å². The van der Waals surface area contributed by atoms with Gasteiger partial charge in [0.2, 0.25) is 0 Å². The number of carbonyl (C=O) groups is 3. The lowest BCUT2D eigenvalue weighted by molar-refractivity contribution is -0.143. The Balaban J connectivity index is 2.12. The van der Waals surface area contributed by atoms with Crippen molar-refractivity contribution in [2.24, 2.45) is 11.7 Å². The summed E-state index contributed by atoms with van der Waals surface area (Å²) in [6, 6.07) is 5.70. The molecule has 1 heterocycles. The zero-order valence-electron chi connectivity index (χ0n) is 11.4. The molecule has 0 aliphatic carbocycles. The Morgan fingerprint density at radius 3 is 2.76 bits per heavy atom. The summed E-state index contributed by atoms with van der Waals surface area (Å²) in [6.07, 6.45) is 1.25. The minimum absolute atomic E-state index is 0.210. The molecule has 112 valence electrons. The number of urea groups is 1. The van der Waals surface area contributed by atoms with Gasteiger partial charge in [0, 0.05) is 24.3 Å². The number of nitrogens with zero attached hydrogens (tertiary/aromatic N) is 1. The molecular weight excluding hydrogens is 274 g/mol. The van der Waals surface area contributed by atoms with Crippen LogP contribution >= 0.6 is 0 Å². The van der Waals surface area contributed by atoms with Crippen LogP contribution in [0.4, 0.5) is 10.5 Å². The Hall–Kier alpha value is -2.57. The standard InChI is InChI=1S/C14H17N3O4/c15-14(21)16-11-5-1-3-9(7-11)12(18)17-6-2-4-10(8-17)13(19)20/h1,3,5,7,10H,2,4,6,8H2,(H,19,20)(H3,15,16,21)/t10-/m0/s1. The van der Waals surface area contributed by atoms with Crippen LogP contribution in [0.5, 0.6) is 0 Å². The summed E-state index contributed by atoms with van der Waals surface area (Å²) in [5, 5.41) is 11.5. The van der Waals surface area contributed by atoms with E-state index in [2.05, 4.69) is 5.32 Å². The lowest BCUT2D eigenvalue weighted by Gasteiger charge is -2.30. The van der Waals surface area contributed by atoms with Gasteiger partial charge in [-0.25, -0.2) is 4.79 Å². The fraction of sp³-hybridized carbons (Fsp3) is 0.357. The van der Waals surface area contributed by atoms with Crippen LogP contribution in [0.15, 0.2) is 24.3 Å². The number of rotatable bonds is 3. The molecule has 1 saturated heterocycles. The average Bonchev–Trinajstić information content (AvgIpc) is 2.46. The van der Waals surface area contributed by atoms with Gasteiger partial charge in [-0.3, -0.25) is 9.59 Å². The molecule has 2 rings (SSSR count). The summed E-state index contributed by atoms with van der Waals surface area (Å²) in [7, 11) is 0. The lowest BCUT2D eigenvalue weighted by Crippen LogP contribution is -2.42. The highest BCUT2D eigenvalue weighted by Gasteiger charge is 2.28. The molecule has 7 nitrogen and oxygen atoms in total. The van der Waals surface area contributed by atoms with Crippen LogP contribution in [-0.2, 0) is 4.79 Å². The average molecular weight is 291 g/mol. The quantitative estimate of drug-likeness (QED) is 0.774. The molecule has 0 saturated carbocycles. The number of carboxylic acid groups (broad SMARTS) is 1. The molecule has 0 radical (unpaired) electrons. The molecule has 1 fully saturated rings. The number of nitrogens with one attached hydrogen (secondary N) is 1. The highest BCUT2D eigenvalue weighted by molar-refractivity contribution is 5.97. The lowest BCUT2D eigenvalue weighted by atomic mass is 9.97. The maximum absolute atomic E-state index is 12.4. The predicted molar refractivity (Wildman–Crippen MR) is 75.9 cm³/mol. The summed E-state index contributed by atoms with van der Waals surface area (Å²) >= 11 is 0. The second-order valence-corrected chi connectivity index (χ2v) is 5.00. The van der Waals surface area contributed by atoms with Crippen LogP contribution in [0.25, 0.3) is 0 Å². The molecular formula is C14H17N3O4. The van der Waals surface area contributed by atoms with Gasteiger partial charge >= 0.3 is 12.0 Å². The van der Waals surface area contributed by atoms with Crippen LogP contribution in [-0.4, -0.2) is 41.0 Å².